The quantitative estimate of drug-likeness (QED) is 0.804. The summed E-state index contributed by atoms with van der Waals surface area (Å²) < 4.78 is 5.26. The van der Waals surface area contributed by atoms with Gasteiger partial charge in [-0.05, 0) is 37.2 Å². The maximum absolute atomic E-state index is 12.3. The number of carbonyl (C=O) groups is 2. The molecule has 0 unspecified atom stereocenters. The van der Waals surface area contributed by atoms with E-state index in [-0.39, 0.29) is 17.7 Å². The molecule has 0 heterocycles. The highest BCUT2D eigenvalue weighted by Gasteiger charge is 2.41. The van der Waals surface area contributed by atoms with Crippen molar-refractivity contribution >= 4 is 27.8 Å². The van der Waals surface area contributed by atoms with Crippen molar-refractivity contribution in [3.8, 4) is 0 Å². The molecular formula is C17H22BrNO3. The van der Waals surface area contributed by atoms with Crippen LogP contribution in [0.5, 0.6) is 0 Å². The fourth-order valence-electron chi connectivity index (χ4n) is 2.81. The lowest BCUT2D eigenvalue weighted by molar-refractivity contribution is -0.124. The van der Waals surface area contributed by atoms with Crippen LogP contribution in [0.1, 0.15) is 38.2 Å². The largest absolute Gasteiger partial charge is 0.445 e. The second-order valence-corrected chi connectivity index (χ2v) is 6.57. The summed E-state index contributed by atoms with van der Waals surface area (Å²) in [5.41, 5.74) is 0.153. The van der Waals surface area contributed by atoms with Crippen molar-refractivity contribution < 1.29 is 14.3 Å². The fraction of sp³-hybridized carbons (Fsp3) is 0.529. The number of Topliss-reactive ketones (excluding diaryl/α,β-unsaturated/α-hetero) is 1. The van der Waals surface area contributed by atoms with Gasteiger partial charge in [-0.1, -0.05) is 53.2 Å². The molecule has 1 fully saturated rings. The van der Waals surface area contributed by atoms with Crippen LogP contribution in [0.25, 0.3) is 0 Å². The highest BCUT2D eigenvalue weighted by atomic mass is 79.9. The summed E-state index contributed by atoms with van der Waals surface area (Å²) in [7, 11) is 0. The molecule has 0 atom stereocenters. The molecule has 1 aromatic rings. The molecular weight excluding hydrogens is 346 g/mol. The molecule has 0 spiro atoms. The normalized spacial score (nSPS) is 24.5. The summed E-state index contributed by atoms with van der Waals surface area (Å²) in [5.74, 6) is 0.620. The number of nitrogens with one attached hydrogen (secondary N) is 1. The van der Waals surface area contributed by atoms with E-state index in [0.29, 0.717) is 18.8 Å². The first-order chi connectivity index (χ1) is 10.6. The molecule has 0 bridgehead atoms. The van der Waals surface area contributed by atoms with E-state index in [2.05, 4.69) is 28.2 Å². The van der Waals surface area contributed by atoms with Gasteiger partial charge in [-0.25, -0.2) is 4.79 Å². The van der Waals surface area contributed by atoms with Crippen LogP contribution in [-0.2, 0) is 16.1 Å². The highest BCUT2D eigenvalue weighted by Crippen LogP contribution is 2.33. The van der Waals surface area contributed by atoms with Gasteiger partial charge in [0.2, 0.25) is 0 Å². The molecule has 5 heteroatoms. The predicted octanol–water partition coefficient (Wildman–Crippen LogP) is 3.83. The number of carbonyl (C=O) groups excluding carboxylic acids is 2. The molecule has 2 rings (SSSR count). The van der Waals surface area contributed by atoms with E-state index in [1.807, 2.05) is 30.3 Å². The molecule has 22 heavy (non-hydrogen) atoms. The second-order valence-electron chi connectivity index (χ2n) is 6.01. The lowest BCUT2D eigenvalue weighted by Crippen LogP contribution is -2.56. The third-order valence-corrected chi connectivity index (χ3v) is 4.85. The minimum atomic E-state index is -0.774. The molecule has 1 aromatic carbocycles. The number of benzene rings is 1. The van der Waals surface area contributed by atoms with Gasteiger partial charge in [0.25, 0.3) is 0 Å². The number of rotatable bonds is 5. The molecule has 0 saturated heterocycles. The van der Waals surface area contributed by atoms with Crippen LogP contribution in [0.2, 0.25) is 0 Å². The molecule has 1 aliphatic carbocycles. The van der Waals surface area contributed by atoms with E-state index >= 15 is 0 Å². The van der Waals surface area contributed by atoms with Gasteiger partial charge in [0.05, 0.1) is 5.33 Å². The van der Waals surface area contributed by atoms with Crippen molar-refractivity contribution in [1.29, 1.82) is 0 Å². The Hall–Kier alpha value is -1.36. The number of ketones is 1. The summed E-state index contributed by atoms with van der Waals surface area (Å²) in [6, 6.07) is 9.50. The van der Waals surface area contributed by atoms with Gasteiger partial charge in [0, 0.05) is 0 Å². The average molecular weight is 368 g/mol. The van der Waals surface area contributed by atoms with Crippen LogP contribution in [0.4, 0.5) is 4.79 Å². The first-order valence-electron chi connectivity index (χ1n) is 7.64. The number of ether oxygens (including phenoxy) is 1. The summed E-state index contributed by atoms with van der Waals surface area (Å²) >= 11 is 3.22. The summed E-state index contributed by atoms with van der Waals surface area (Å²) in [6.45, 7) is 2.39. The SMILES string of the molecule is CC1CCC(NC(=O)OCc2ccccc2)(C(=O)CBr)CC1. The first-order valence-corrected chi connectivity index (χ1v) is 8.76. The fourth-order valence-corrected chi connectivity index (χ4v) is 3.35. The topological polar surface area (TPSA) is 55.4 Å². The van der Waals surface area contributed by atoms with Crippen molar-refractivity contribution in [2.45, 2.75) is 44.8 Å². The van der Waals surface area contributed by atoms with E-state index in [9.17, 15) is 9.59 Å². The molecule has 1 amide bonds. The van der Waals surface area contributed by atoms with Gasteiger partial charge in [-0.15, -0.1) is 0 Å². The average Bonchev–Trinajstić information content (AvgIpc) is 2.55. The van der Waals surface area contributed by atoms with Crippen LogP contribution < -0.4 is 5.32 Å². The van der Waals surface area contributed by atoms with Crippen LogP contribution in [0.15, 0.2) is 30.3 Å². The van der Waals surface area contributed by atoms with Gasteiger partial charge in [-0.3, -0.25) is 4.79 Å². The number of hydrogen-bond donors (Lipinski definition) is 1. The van der Waals surface area contributed by atoms with Gasteiger partial charge in [-0.2, -0.15) is 0 Å². The van der Waals surface area contributed by atoms with E-state index in [1.165, 1.54) is 0 Å². The Morgan fingerprint density at radius 1 is 1.27 bits per heavy atom. The first kappa shape index (κ1) is 17.0. The highest BCUT2D eigenvalue weighted by molar-refractivity contribution is 9.09. The monoisotopic (exact) mass is 367 g/mol. The van der Waals surface area contributed by atoms with Crippen molar-refractivity contribution in [3.63, 3.8) is 0 Å². The molecule has 120 valence electrons. The van der Waals surface area contributed by atoms with Crippen molar-refractivity contribution in [2.24, 2.45) is 5.92 Å². The van der Waals surface area contributed by atoms with Gasteiger partial charge >= 0.3 is 6.09 Å². The Labute approximate surface area is 139 Å². The van der Waals surface area contributed by atoms with E-state index in [4.69, 9.17) is 4.74 Å². The minimum Gasteiger partial charge on any atom is -0.445 e. The number of hydrogen-bond acceptors (Lipinski definition) is 3. The van der Waals surface area contributed by atoms with Crippen LogP contribution in [0, 0.1) is 5.92 Å². The Kier molecular flexibility index (Phi) is 6.00. The Morgan fingerprint density at radius 2 is 1.91 bits per heavy atom. The summed E-state index contributed by atoms with van der Waals surface area (Å²) in [4.78, 5) is 24.4. The third-order valence-electron chi connectivity index (χ3n) is 4.34. The zero-order valence-corrected chi connectivity index (χ0v) is 14.4. The van der Waals surface area contributed by atoms with E-state index in [1.54, 1.807) is 0 Å². The number of alkyl halides is 1. The van der Waals surface area contributed by atoms with Crippen LogP contribution >= 0.6 is 15.9 Å². The van der Waals surface area contributed by atoms with Gasteiger partial charge in [0.1, 0.15) is 12.1 Å². The second kappa shape index (κ2) is 7.77. The van der Waals surface area contributed by atoms with Crippen LogP contribution in [0.3, 0.4) is 0 Å². The van der Waals surface area contributed by atoms with Crippen molar-refractivity contribution in [2.75, 3.05) is 5.33 Å². The number of alkyl carbamates (subject to hydrolysis) is 1. The van der Waals surface area contributed by atoms with E-state index < -0.39 is 11.6 Å². The lowest BCUT2D eigenvalue weighted by Gasteiger charge is -2.38. The minimum absolute atomic E-state index is 0.0241. The molecule has 1 saturated carbocycles. The molecule has 1 aliphatic rings. The number of amides is 1. The molecule has 4 nitrogen and oxygen atoms in total. The van der Waals surface area contributed by atoms with Gasteiger partial charge in [0.15, 0.2) is 5.78 Å². The maximum Gasteiger partial charge on any atom is 0.408 e. The summed E-state index contributed by atoms with van der Waals surface area (Å²) in [6.07, 6.45) is 2.72. The maximum atomic E-state index is 12.3. The molecule has 0 aromatic heterocycles. The Bertz CT molecular complexity index is 510. The van der Waals surface area contributed by atoms with Crippen molar-refractivity contribution in [1.82, 2.24) is 5.32 Å². The van der Waals surface area contributed by atoms with Crippen LogP contribution in [-0.4, -0.2) is 22.7 Å². The Balaban J connectivity index is 1.95. The van der Waals surface area contributed by atoms with Gasteiger partial charge < -0.3 is 10.1 Å². The predicted molar refractivity (Wildman–Crippen MR) is 88.9 cm³/mol. The van der Waals surface area contributed by atoms with E-state index in [0.717, 1.165) is 18.4 Å². The van der Waals surface area contributed by atoms with Crippen molar-refractivity contribution in [3.05, 3.63) is 35.9 Å². The lowest BCUT2D eigenvalue weighted by atomic mass is 9.75. The molecule has 0 aliphatic heterocycles. The third kappa shape index (κ3) is 4.32. The zero-order chi connectivity index (χ0) is 16.0. The number of halogens is 1. The smallest absolute Gasteiger partial charge is 0.408 e. The Morgan fingerprint density at radius 3 is 2.50 bits per heavy atom. The molecule has 1 N–H and O–H groups in total. The standard InChI is InChI=1S/C17H22BrNO3/c1-13-7-9-17(10-8-13,15(20)11-18)19-16(21)22-12-14-5-3-2-4-6-14/h2-6,13H,7-12H2,1H3,(H,19,21). The molecule has 0 radical (unpaired) electrons. The zero-order valence-electron chi connectivity index (χ0n) is 12.8. The summed E-state index contributed by atoms with van der Waals surface area (Å²) in [5, 5.41) is 3.08.